The van der Waals surface area contributed by atoms with E-state index < -0.39 is 21.5 Å². The summed E-state index contributed by atoms with van der Waals surface area (Å²) in [6.07, 6.45) is 2.65. The second kappa shape index (κ2) is 9.59. The topological polar surface area (TPSA) is 152 Å². The lowest BCUT2D eigenvalue weighted by molar-refractivity contribution is 0.417. The summed E-state index contributed by atoms with van der Waals surface area (Å²) >= 11 is 0. The molecule has 0 unspecified atom stereocenters. The van der Waals surface area contributed by atoms with E-state index >= 15 is 0 Å². The molecule has 0 radical (unpaired) electrons. The SMILES string of the molecule is COc1ccccc1NS(=O)(=O)c1cccc(-n2c(O)c(C=Nc3ncn[nH]3)c3ccccc3c2=O)c1. The average molecular weight is 517 g/mol. The molecule has 0 saturated carbocycles. The Labute approximate surface area is 210 Å². The lowest BCUT2D eigenvalue weighted by Gasteiger charge is -2.15. The molecule has 0 bridgehead atoms. The van der Waals surface area contributed by atoms with Gasteiger partial charge in [0, 0.05) is 17.0 Å². The number of sulfonamides is 1. The van der Waals surface area contributed by atoms with Crippen LogP contribution in [0.25, 0.3) is 16.5 Å². The summed E-state index contributed by atoms with van der Waals surface area (Å²) in [6, 6.07) is 19.0. The van der Waals surface area contributed by atoms with Gasteiger partial charge in [-0.15, -0.1) is 0 Å². The van der Waals surface area contributed by atoms with E-state index in [-0.39, 0.29) is 27.8 Å². The molecule has 11 nitrogen and oxygen atoms in total. The summed E-state index contributed by atoms with van der Waals surface area (Å²) in [5.74, 6) is 0.136. The van der Waals surface area contributed by atoms with Gasteiger partial charge in [-0.3, -0.25) is 9.52 Å². The van der Waals surface area contributed by atoms with Gasteiger partial charge in [0.25, 0.3) is 15.6 Å². The monoisotopic (exact) mass is 516 g/mol. The number of ether oxygens (including phenoxy) is 1. The molecule has 3 N–H and O–H groups in total. The van der Waals surface area contributed by atoms with Crippen molar-refractivity contribution in [1.29, 1.82) is 0 Å². The molecule has 0 aliphatic heterocycles. The third-order valence-electron chi connectivity index (χ3n) is 5.56. The number of hydrogen-bond acceptors (Lipinski definition) is 8. The number of pyridine rings is 1. The van der Waals surface area contributed by atoms with Crippen LogP contribution in [0.4, 0.5) is 11.6 Å². The van der Waals surface area contributed by atoms with Crippen LogP contribution >= 0.6 is 0 Å². The first kappa shape index (κ1) is 23.8. The van der Waals surface area contributed by atoms with Gasteiger partial charge in [0.05, 0.1) is 28.9 Å². The van der Waals surface area contributed by atoms with Crippen LogP contribution < -0.4 is 15.0 Å². The highest BCUT2D eigenvalue weighted by atomic mass is 32.2. The number of para-hydroxylation sites is 2. The van der Waals surface area contributed by atoms with Crippen molar-refractivity contribution in [2.45, 2.75) is 4.90 Å². The zero-order valence-corrected chi connectivity index (χ0v) is 20.2. The summed E-state index contributed by atoms with van der Waals surface area (Å²) in [5, 5.41) is 18.3. The van der Waals surface area contributed by atoms with Crippen LogP contribution in [0.15, 0.2) is 93.8 Å². The van der Waals surface area contributed by atoms with E-state index in [1.807, 2.05) is 0 Å². The number of aromatic amines is 1. The van der Waals surface area contributed by atoms with Gasteiger partial charge in [-0.2, -0.15) is 10.1 Å². The minimum atomic E-state index is -4.07. The van der Waals surface area contributed by atoms with Crippen molar-refractivity contribution in [2.75, 3.05) is 11.8 Å². The van der Waals surface area contributed by atoms with Gasteiger partial charge < -0.3 is 9.84 Å². The number of nitrogens with zero attached hydrogens (tertiary/aromatic N) is 4. The molecule has 12 heteroatoms. The van der Waals surface area contributed by atoms with E-state index in [0.29, 0.717) is 16.5 Å². The summed E-state index contributed by atoms with van der Waals surface area (Å²) in [6.45, 7) is 0. The highest BCUT2D eigenvalue weighted by Gasteiger charge is 2.20. The molecule has 0 aliphatic rings. The fourth-order valence-electron chi connectivity index (χ4n) is 3.84. The number of nitrogens with one attached hydrogen (secondary N) is 2. The standard InChI is InChI=1S/C25H20N6O5S/c1-36-22-12-5-4-11-21(22)30-37(34,35)17-8-6-7-16(13-17)31-23(32)19-10-3-2-9-18(19)20(24(31)33)14-26-25-27-15-28-29-25/h2-15,30,33H,1H3,(H,27,28,29). The fraction of sp³-hybridized carbons (Fsp3) is 0.0400. The van der Waals surface area contributed by atoms with Crippen LogP contribution in [-0.4, -0.2) is 46.6 Å². The van der Waals surface area contributed by atoms with E-state index in [1.165, 1.54) is 43.9 Å². The molecule has 5 rings (SSSR count). The maximum absolute atomic E-state index is 13.4. The molecule has 0 aliphatic carbocycles. The third kappa shape index (κ3) is 4.52. The molecule has 186 valence electrons. The van der Waals surface area contributed by atoms with Crippen molar-refractivity contribution in [3.63, 3.8) is 0 Å². The molecule has 2 heterocycles. The minimum Gasteiger partial charge on any atom is -0.495 e. The van der Waals surface area contributed by atoms with Crippen molar-refractivity contribution >= 4 is 38.6 Å². The van der Waals surface area contributed by atoms with Gasteiger partial charge in [-0.05, 0) is 36.4 Å². The van der Waals surface area contributed by atoms with Gasteiger partial charge in [0.2, 0.25) is 11.8 Å². The predicted octanol–water partition coefficient (Wildman–Crippen LogP) is 3.37. The van der Waals surface area contributed by atoms with Crippen molar-refractivity contribution in [3.8, 4) is 17.3 Å². The smallest absolute Gasteiger partial charge is 0.265 e. The van der Waals surface area contributed by atoms with Gasteiger partial charge in [-0.1, -0.05) is 36.4 Å². The van der Waals surface area contributed by atoms with Crippen LogP contribution in [-0.2, 0) is 10.0 Å². The first-order valence-corrected chi connectivity index (χ1v) is 12.4. The van der Waals surface area contributed by atoms with Crippen molar-refractivity contribution in [3.05, 3.63) is 95.0 Å². The quantitative estimate of drug-likeness (QED) is 0.281. The molecule has 0 fully saturated rings. The summed E-state index contributed by atoms with van der Waals surface area (Å²) in [5.41, 5.74) is 0.113. The lowest BCUT2D eigenvalue weighted by Crippen LogP contribution is -2.21. The van der Waals surface area contributed by atoms with E-state index in [1.54, 1.807) is 48.5 Å². The van der Waals surface area contributed by atoms with Crippen molar-refractivity contribution < 1.29 is 18.3 Å². The normalized spacial score (nSPS) is 11.7. The number of aromatic hydroxyl groups is 1. The molecule has 0 saturated heterocycles. The number of benzene rings is 3. The number of anilines is 1. The Morgan fingerprint density at radius 2 is 1.81 bits per heavy atom. The Morgan fingerprint density at radius 3 is 2.57 bits per heavy atom. The zero-order chi connectivity index (χ0) is 26.0. The van der Waals surface area contributed by atoms with Crippen LogP contribution in [0.2, 0.25) is 0 Å². The molecule has 0 amide bonds. The number of aliphatic imine (C=N–C) groups is 1. The largest absolute Gasteiger partial charge is 0.495 e. The van der Waals surface area contributed by atoms with E-state index in [4.69, 9.17) is 4.74 Å². The van der Waals surface area contributed by atoms with Crippen LogP contribution in [0, 0.1) is 0 Å². The van der Waals surface area contributed by atoms with E-state index in [2.05, 4.69) is 24.9 Å². The molecule has 0 atom stereocenters. The Hall–Kier alpha value is -4.97. The van der Waals surface area contributed by atoms with Gasteiger partial charge >= 0.3 is 0 Å². The number of methoxy groups -OCH3 is 1. The van der Waals surface area contributed by atoms with Crippen molar-refractivity contribution in [2.24, 2.45) is 4.99 Å². The lowest BCUT2D eigenvalue weighted by atomic mass is 10.1. The zero-order valence-electron chi connectivity index (χ0n) is 19.4. The molecule has 0 spiro atoms. The number of H-pyrrole nitrogens is 1. The molecule has 37 heavy (non-hydrogen) atoms. The number of hydrogen-bond donors (Lipinski definition) is 3. The maximum Gasteiger partial charge on any atom is 0.265 e. The second-order valence-electron chi connectivity index (χ2n) is 7.79. The van der Waals surface area contributed by atoms with E-state index in [0.717, 1.165) is 4.57 Å². The summed E-state index contributed by atoms with van der Waals surface area (Å²) in [7, 11) is -2.63. The number of aromatic nitrogens is 4. The first-order valence-electron chi connectivity index (χ1n) is 10.9. The predicted molar refractivity (Wildman–Crippen MR) is 139 cm³/mol. The minimum absolute atomic E-state index is 0.118. The molecule has 5 aromatic rings. The van der Waals surface area contributed by atoms with Gasteiger partial charge in [0.15, 0.2) is 0 Å². The number of rotatable bonds is 7. The Balaban J connectivity index is 1.64. The van der Waals surface area contributed by atoms with Gasteiger partial charge in [0.1, 0.15) is 12.1 Å². The summed E-state index contributed by atoms with van der Waals surface area (Å²) < 4.78 is 35.1. The van der Waals surface area contributed by atoms with Crippen LogP contribution in [0.5, 0.6) is 11.6 Å². The van der Waals surface area contributed by atoms with E-state index in [9.17, 15) is 18.3 Å². The van der Waals surface area contributed by atoms with Crippen LogP contribution in [0.1, 0.15) is 5.56 Å². The first-order chi connectivity index (χ1) is 17.9. The van der Waals surface area contributed by atoms with Crippen molar-refractivity contribution in [1.82, 2.24) is 19.7 Å². The third-order valence-corrected chi connectivity index (χ3v) is 6.92. The summed E-state index contributed by atoms with van der Waals surface area (Å²) in [4.78, 5) is 21.4. The average Bonchev–Trinajstić information content (AvgIpc) is 3.43. The molecular weight excluding hydrogens is 496 g/mol. The highest BCUT2D eigenvalue weighted by Crippen LogP contribution is 2.29. The fourth-order valence-corrected chi connectivity index (χ4v) is 4.95. The van der Waals surface area contributed by atoms with Gasteiger partial charge in [-0.25, -0.2) is 23.1 Å². The molecular formula is C25H20N6O5S. The molecule has 2 aromatic heterocycles. The highest BCUT2D eigenvalue weighted by molar-refractivity contribution is 7.92. The Morgan fingerprint density at radius 1 is 1.05 bits per heavy atom. The Bertz CT molecular complexity index is 1800. The Kier molecular flexibility index (Phi) is 6.15. The molecule has 3 aromatic carbocycles. The second-order valence-corrected chi connectivity index (χ2v) is 9.48. The number of fused-ring (bicyclic) bond motifs is 1. The maximum atomic E-state index is 13.4. The van der Waals surface area contributed by atoms with Crippen LogP contribution in [0.3, 0.4) is 0 Å².